The van der Waals surface area contributed by atoms with E-state index in [9.17, 15) is 9.59 Å². The minimum atomic E-state index is -0.415. The Bertz CT molecular complexity index is 1120. The molecule has 3 aromatic rings. The van der Waals surface area contributed by atoms with Crippen LogP contribution in [-0.4, -0.2) is 40.3 Å². The molecule has 6 nitrogen and oxygen atoms in total. The van der Waals surface area contributed by atoms with Crippen molar-refractivity contribution in [1.82, 2.24) is 15.2 Å². The molecule has 2 heterocycles. The third-order valence-corrected chi connectivity index (χ3v) is 6.95. The van der Waals surface area contributed by atoms with E-state index in [4.69, 9.17) is 4.42 Å². The van der Waals surface area contributed by atoms with Crippen LogP contribution in [0, 0.1) is 12.8 Å². The Morgan fingerprint density at radius 1 is 1.09 bits per heavy atom. The summed E-state index contributed by atoms with van der Waals surface area (Å²) in [5, 5.41) is 3.05. The van der Waals surface area contributed by atoms with Gasteiger partial charge in [-0.2, -0.15) is 0 Å². The first-order valence-corrected chi connectivity index (χ1v) is 11.6. The van der Waals surface area contributed by atoms with E-state index in [1.807, 2.05) is 60.4 Å². The lowest BCUT2D eigenvalue weighted by Crippen LogP contribution is -2.49. The lowest BCUT2D eigenvalue weighted by atomic mass is 9.84. The van der Waals surface area contributed by atoms with Gasteiger partial charge in [0.15, 0.2) is 11.5 Å². The summed E-state index contributed by atoms with van der Waals surface area (Å²) in [5.41, 5.74) is 3.36. The van der Waals surface area contributed by atoms with Crippen molar-refractivity contribution >= 4 is 22.9 Å². The summed E-state index contributed by atoms with van der Waals surface area (Å²) in [6, 6.07) is 14.9. The highest BCUT2D eigenvalue weighted by molar-refractivity contribution is 5.98. The maximum atomic E-state index is 13.4. The minimum absolute atomic E-state index is 0.0328. The molecule has 0 spiro atoms. The number of likely N-dealkylation sites (tertiary alicyclic amines) is 1. The molecule has 5 rings (SSSR count). The highest BCUT2D eigenvalue weighted by Gasteiger charge is 2.47. The fraction of sp³-hybridized carbons (Fsp3) is 0.423. The summed E-state index contributed by atoms with van der Waals surface area (Å²) in [4.78, 5) is 33.0. The summed E-state index contributed by atoms with van der Waals surface area (Å²) in [6.45, 7) is 2.44. The van der Waals surface area contributed by atoms with Gasteiger partial charge in [0, 0.05) is 24.6 Å². The van der Waals surface area contributed by atoms with Crippen LogP contribution in [0.1, 0.15) is 53.9 Å². The molecular weight excluding hydrogens is 402 g/mol. The van der Waals surface area contributed by atoms with Crippen LogP contribution >= 0.6 is 0 Å². The SMILES string of the molecule is Cc1cccc2oc(CCNC(=O)[C@@H]3C[C@@H]4CCCC[C@@H]4N3C(=O)c3ccccc3)nc12. The van der Waals surface area contributed by atoms with E-state index >= 15 is 0 Å². The van der Waals surface area contributed by atoms with Crippen LogP contribution < -0.4 is 5.32 Å². The van der Waals surface area contributed by atoms with Crippen molar-refractivity contribution in [2.24, 2.45) is 5.92 Å². The minimum Gasteiger partial charge on any atom is -0.441 e. The van der Waals surface area contributed by atoms with Gasteiger partial charge < -0.3 is 14.6 Å². The van der Waals surface area contributed by atoms with Crippen LogP contribution in [0.3, 0.4) is 0 Å². The Morgan fingerprint density at radius 3 is 2.72 bits per heavy atom. The smallest absolute Gasteiger partial charge is 0.254 e. The Morgan fingerprint density at radius 2 is 1.91 bits per heavy atom. The highest BCUT2D eigenvalue weighted by atomic mass is 16.3. The number of hydrogen-bond donors (Lipinski definition) is 1. The molecule has 1 saturated carbocycles. The molecule has 0 unspecified atom stereocenters. The number of aromatic nitrogens is 1. The van der Waals surface area contributed by atoms with E-state index in [0.29, 0.717) is 30.3 Å². The summed E-state index contributed by atoms with van der Waals surface area (Å²) in [7, 11) is 0. The van der Waals surface area contributed by atoms with Gasteiger partial charge >= 0.3 is 0 Å². The van der Waals surface area contributed by atoms with Gasteiger partial charge in [-0.1, -0.05) is 43.2 Å². The first kappa shape index (κ1) is 20.7. The molecule has 2 amide bonds. The number of carbonyl (C=O) groups excluding carboxylic acids is 2. The van der Waals surface area contributed by atoms with Crippen molar-refractivity contribution < 1.29 is 14.0 Å². The fourth-order valence-corrected chi connectivity index (χ4v) is 5.37. The van der Waals surface area contributed by atoms with Gasteiger partial charge in [-0.3, -0.25) is 9.59 Å². The topological polar surface area (TPSA) is 75.4 Å². The predicted octanol–water partition coefficient (Wildman–Crippen LogP) is 4.27. The van der Waals surface area contributed by atoms with Crippen LogP contribution in [0.25, 0.3) is 11.1 Å². The maximum absolute atomic E-state index is 13.4. The number of para-hydroxylation sites is 1. The largest absolute Gasteiger partial charge is 0.441 e. The van der Waals surface area contributed by atoms with E-state index in [1.165, 1.54) is 6.42 Å². The number of aryl methyl sites for hydroxylation is 1. The van der Waals surface area contributed by atoms with Gasteiger partial charge in [-0.05, 0) is 55.9 Å². The summed E-state index contributed by atoms with van der Waals surface area (Å²) in [5.74, 6) is 0.921. The van der Waals surface area contributed by atoms with Gasteiger partial charge in [-0.25, -0.2) is 4.98 Å². The second-order valence-electron chi connectivity index (χ2n) is 9.01. The normalized spacial score (nSPS) is 22.7. The number of benzene rings is 2. The zero-order valence-corrected chi connectivity index (χ0v) is 18.4. The standard InChI is InChI=1S/C26H29N3O3/c1-17-8-7-13-22-24(17)28-23(32-22)14-15-27-25(30)21-16-19-11-5-6-12-20(19)29(21)26(31)18-9-3-2-4-10-18/h2-4,7-10,13,19-21H,5-6,11-12,14-16H2,1H3,(H,27,30)/t19-,20-,21-/m0/s1. The molecule has 0 radical (unpaired) electrons. The van der Waals surface area contributed by atoms with Crippen LogP contribution in [0.5, 0.6) is 0 Å². The molecule has 166 valence electrons. The van der Waals surface area contributed by atoms with Crippen molar-refractivity contribution in [3.05, 3.63) is 65.5 Å². The zero-order chi connectivity index (χ0) is 22.1. The molecule has 3 atom stereocenters. The maximum Gasteiger partial charge on any atom is 0.254 e. The molecule has 0 bridgehead atoms. The number of carbonyl (C=O) groups is 2. The number of fused-ring (bicyclic) bond motifs is 2. The van der Waals surface area contributed by atoms with Crippen LogP contribution in [0.4, 0.5) is 0 Å². The van der Waals surface area contributed by atoms with Crippen molar-refractivity contribution in [3.8, 4) is 0 Å². The Kier molecular flexibility index (Phi) is 5.68. The summed E-state index contributed by atoms with van der Waals surface area (Å²) >= 11 is 0. The Labute approximate surface area is 188 Å². The van der Waals surface area contributed by atoms with Gasteiger partial charge in [0.25, 0.3) is 5.91 Å². The lowest BCUT2D eigenvalue weighted by molar-refractivity contribution is -0.125. The Balaban J connectivity index is 1.28. The summed E-state index contributed by atoms with van der Waals surface area (Å²) in [6.07, 6.45) is 5.64. The lowest BCUT2D eigenvalue weighted by Gasteiger charge is -2.33. The third kappa shape index (κ3) is 3.90. The Hall–Kier alpha value is -3.15. The van der Waals surface area contributed by atoms with Gasteiger partial charge in [-0.15, -0.1) is 0 Å². The van der Waals surface area contributed by atoms with E-state index < -0.39 is 6.04 Å². The van der Waals surface area contributed by atoms with Crippen LogP contribution in [0.2, 0.25) is 0 Å². The number of nitrogens with zero attached hydrogens (tertiary/aromatic N) is 2. The van der Waals surface area contributed by atoms with Crippen molar-refractivity contribution in [1.29, 1.82) is 0 Å². The molecule has 2 aliphatic rings. The number of amides is 2. The number of rotatable bonds is 5. The third-order valence-electron chi connectivity index (χ3n) is 6.95. The number of nitrogens with one attached hydrogen (secondary N) is 1. The average molecular weight is 432 g/mol. The van der Waals surface area contributed by atoms with Crippen molar-refractivity contribution in [2.75, 3.05) is 6.54 Å². The molecule has 6 heteroatoms. The van der Waals surface area contributed by atoms with Crippen LogP contribution in [-0.2, 0) is 11.2 Å². The van der Waals surface area contributed by atoms with E-state index in [0.717, 1.165) is 42.3 Å². The van der Waals surface area contributed by atoms with E-state index in [1.54, 1.807) is 0 Å². The molecule has 1 saturated heterocycles. The number of oxazole rings is 1. The average Bonchev–Trinajstić information content (AvgIpc) is 3.41. The molecular formula is C26H29N3O3. The first-order chi connectivity index (χ1) is 15.6. The molecule has 1 aliphatic heterocycles. The van der Waals surface area contributed by atoms with Crippen LogP contribution in [0.15, 0.2) is 52.9 Å². The molecule has 2 fully saturated rings. The van der Waals surface area contributed by atoms with Crippen molar-refractivity contribution in [3.63, 3.8) is 0 Å². The van der Waals surface area contributed by atoms with Gasteiger partial charge in [0.2, 0.25) is 5.91 Å². The quantitative estimate of drug-likeness (QED) is 0.655. The van der Waals surface area contributed by atoms with Gasteiger partial charge in [0.05, 0.1) is 0 Å². The van der Waals surface area contributed by atoms with E-state index in [2.05, 4.69) is 10.3 Å². The highest BCUT2D eigenvalue weighted by Crippen LogP contribution is 2.40. The van der Waals surface area contributed by atoms with Crippen molar-refractivity contribution in [2.45, 2.75) is 57.5 Å². The number of hydrogen-bond acceptors (Lipinski definition) is 4. The first-order valence-electron chi connectivity index (χ1n) is 11.6. The molecule has 32 heavy (non-hydrogen) atoms. The molecule has 2 aromatic carbocycles. The second-order valence-corrected chi connectivity index (χ2v) is 9.01. The van der Waals surface area contributed by atoms with Gasteiger partial charge in [0.1, 0.15) is 11.6 Å². The molecule has 1 N–H and O–H groups in total. The second kappa shape index (κ2) is 8.77. The van der Waals surface area contributed by atoms with E-state index in [-0.39, 0.29) is 17.9 Å². The predicted molar refractivity (Wildman–Crippen MR) is 122 cm³/mol. The summed E-state index contributed by atoms with van der Waals surface area (Å²) < 4.78 is 5.82. The fourth-order valence-electron chi connectivity index (χ4n) is 5.37. The molecule has 1 aromatic heterocycles. The monoisotopic (exact) mass is 431 g/mol. The molecule has 1 aliphatic carbocycles. The zero-order valence-electron chi connectivity index (χ0n) is 18.4.